The van der Waals surface area contributed by atoms with Gasteiger partial charge in [0.2, 0.25) is 0 Å². The van der Waals surface area contributed by atoms with Crippen LogP contribution in [0.3, 0.4) is 0 Å². The summed E-state index contributed by atoms with van der Waals surface area (Å²) in [6.07, 6.45) is 0.805. The Hall–Kier alpha value is -0.510. The van der Waals surface area contributed by atoms with Crippen molar-refractivity contribution in [2.75, 3.05) is 12.4 Å². The van der Waals surface area contributed by atoms with Gasteiger partial charge in [0, 0.05) is 11.9 Å². The van der Waals surface area contributed by atoms with Crippen molar-refractivity contribution >= 4 is 11.8 Å². The van der Waals surface area contributed by atoms with Gasteiger partial charge < -0.3 is 9.84 Å². The first-order valence-electron chi connectivity index (χ1n) is 6.11. The van der Waals surface area contributed by atoms with Gasteiger partial charge in [-0.3, -0.25) is 0 Å². The highest BCUT2D eigenvalue weighted by Gasteiger charge is 2.07. The zero-order chi connectivity index (χ0) is 12.5. The summed E-state index contributed by atoms with van der Waals surface area (Å²) in [4.78, 5) is 0. The van der Waals surface area contributed by atoms with E-state index >= 15 is 0 Å². The van der Waals surface area contributed by atoms with E-state index in [0.29, 0.717) is 11.9 Å². The number of aliphatic hydroxyl groups excluding tert-OH is 1. The number of ether oxygens (including phenoxy) is 1. The van der Waals surface area contributed by atoms with Crippen molar-refractivity contribution in [1.82, 2.24) is 0 Å². The first-order chi connectivity index (χ1) is 8.20. The van der Waals surface area contributed by atoms with E-state index in [0.717, 1.165) is 18.8 Å². The highest BCUT2D eigenvalue weighted by atomic mass is 32.2. The maximum absolute atomic E-state index is 9.32. The van der Waals surface area contributed by atoms with Crippen LogP contribution in [0.4, 0.5) is 0 Å². The van der Waals surface area contributed by atoms with Gasteiger partial charge in [0.15, 0.2) is 0 Å². The lowest BCUT2D eigenvalue weighted by atomic mass is 10.2. The molecule has 0 aliphatic heterocycles. The van der Waals surface area contributed by atoms with E-state index in [2.05, 4.69) is 19.1 Å². The Morgan fingerprint density at radius 1 is 1.24 bits per heavy atom. The van der Waals surface area contributed by atoms with Crippen molar-refractivity contribution in [3.63, 3.8) is 0 Å². The summed E-state index contributed by atoms with van der Waals surface area (Å²) in [7, 11) is 0. The standard InChI is InChI=1S/C14H22O2S/c1-12(15)13(2)17-10-6-9-16-11-14-7-4-3-5-8-14/h3-5,7-8,12-13,15H,6,9-11H2,1-2H3. The molecule has 0 fully saturated rings. The molecule has 3 heteroatoms. The number of hydrogen-bond acceptors (Lipinski definition) is 3. The van der Waals surface area contributed by atoms with Crippen LogP contribution >= 0.6 is 11.8 Å². The second kappa shape index (κ2) is 8.56. The minimum absolute atomic E-state index is 0.231. The van der Waals surface area contributed by atoms with Crippen LogP contribution in [-0.2, 0) is 11.3 Å². The number of benzene rings is 1. The Bertz CT molecular complexity index is 288. The molecule has 1 aromatic rings. The van der Waals surface area contributed by atoms with Crippen LogP contribution in [0.2, 0.25) is 0 Å². The molecular weight excluding hydrogens is 232 g/mol. The van der Waals surface area contributed by atoms with Crippen LogP contribution in [0.1, 0.15) is 25.8 Å². The Kier molecular flexibility index (Phi) is 7.33. The lowest BCUT2D eigenvalue weighted by Gasteiger charge is -2.13. The fraction of sp³-hybridized carbons (Fsp3) is 0.571. The van der Waals surface area contributed by atoms with E-state index in [1.54, 1.807) is 11.8 Å². The fourth-order valence-electron chi connectivity index (χ4n) is 1.33. The third-order valence-electron chi connectivity index (χ3n) is 2.60. The number of thioether (sulfide) groups is 1. The third kappa shape index (κ3) is 6.71. The van der Waals surface area contributed by atoms with E-state index in [-0.39, 0.29) is 6.10 Å². The van der Waals surface area contributed by atoms with Gasteiger partial charge in [0.1, 0.15) is 0 Å². The van der Waals surface area contributed by atoms with Gasteiger partial charge in [-0.2, -0.15) is 11.8 Å². The third-order valence-corrected chi connectivity index (χ3v) is 4.05. The predicted octanol–water partition coefficient (Wildman–Crippen LogP) is 3.10. The summed E-state index contributed by atoms with van der Waals surface area (Å²) in [6.45, 7) is 5.37. The number of aliphatic hydroxyl groups is 1. The van der Waals surface area contributed by atoms with E-state index in [1.807, 2.05) is 25.1 Å². The quantitative estimate of drug-likeness (QED) is 0.723. The van der Waals surface area contributed by atoms with Gasteiger partial charge in [-0.15, -0.1) is 0 Å². The van der Waals surface area contributed by atoms with E-state index in [9.17, 15) is 5.11 Å². The Balaban J connectivity index is 1.98. The van der Waals surface area contributed by atoms with Crippen LogP contribution < -0.4 is 0 Å². The molecule has 0 spiro atoms. The number of rotatable bonds is 8. The van der Waals surface area contributed by atoms with E-state index in [4.69, 9.17) is 4.74 Å². The topological polar surface area (TPSA) is 29.5 Å². The van der Waals surface area contributed by atoms with Crippen molar-refractivity contribution in [2.24, 2.45) is 0 Å². The van der Waals surface area contributed by atoms with Crippen molar-refractivity contribution in [1.29, 1.82) is 0 Å². The van der Waals surface area contributed by atoms with Crippen LogP contribution in [0.15, 0.2) is 30.3 Å². The molecule has 1 rings (SSSR count). The van der Waals surface area contributed by atoms with Crippen LogP contribution in [0.25, 0.3) is 0 Å². The highest BCUT2D eigenvalue weighted by molar-refractivity contribution is 7.99. The fourth-order valence-corrected chi connectivity index (χ4v) is 2.27. The van der Waals surface area contributed by atoms with Gasteiger partial charge in [-0.05, 0) is 24.7 Å². The van der Waals surface area contributed by atoms with E-state index < -0.39 is 0 Å². The van der Waals surface area contributed by atoms with Gasteiger partial charge >= 0.3 is 0 Å². The average Bonchev–Trinajstić information content (AvgIpc) is 2.34. The van der Waals surface area contributed by atoms with Gasteiger partial charge in [0.05, 0.1) is 12.7 Å². The molecule has 96 valence electrons. The summed E-state index contributed by atoms with van der Waals surface area (Å²) < 4.78 is 5.59. The Morgan fingerprint density at radius 3 is 2.59 bits per heavy atom. The van der Waals surface area contributed by atoms with Crippen molar-refractivity contribution in [2.45, 2.75) is 38.2 Å². The Labute approximate surface area is 108 Å². The summed E-state index contributed by atoms with van der Waals surface area (Å²) in [5, 5.41) is 9.63. The monoisotopic (exact) mass is 254 g/mol. The summed E-state index contributed by atoms with van der Waals surface area (Å²) in [6, 6.07) is 10.2. The number of hydrogen-bond donors (Lipinski definition) is 1. The molecule has 17 heavy (non-hydrogen) atoms. The maximum atomic E-state index is 9.32. The maximum Gasteiger partial charge on any atom is 0.0716 e. The molecule has 0 heterocycles. The average molecular weight is 254 g/mol. The molecule has 1 aromatic carbocycles. The summed E-state index contributed by atoms with van der Waals surface area (Å²) in [5.74, 6) is 1.04. The molecule has 2 nitrogen and oxygen atoms in total. The van der Waals surface area contributed by atoms with Crippen LogP contribution in [0.5, 0.6) is 0 Å². The minimum Gasteiger partial charge on any atom is -0.392 e. The zero-order valence-electron chi connectivity index (χ0n) is 10.6. The van der Waals surface area contributed by atoms with Crippen LogP contribution in [-0.4, -0.2) is 28.8 Å². The first-order valence-corrected chi connectivity index (χ1v) is 7.16. The van der Waals surface area contributed by atoms with Crippen molar-refractivity contribution in [3.05, 3.63) is 35.9 Å². The molecule has 0 bridgehead atoms. The molecule has 0 aromatic heterocycles. The molecule has 0 aliphatic rings. The smallest absolute Gasteiger partial charge is 0.0716 e. The molecule has 0 saturated carbocycles. The molecule has 1 N–H and O–H groups in total. The molecule has 0 saturated heterocycles. The summed E-state index contributed by atoms with van der Waals surface area (Å²) in [5.41, 5.74) is 1.22. The SMILES string of the molecule is CC(O)C(C)SCCCOCc1ccccc1. The second-order valence-electron chi connectivity index (χ2n) is 4.21. The summed E-state index contributed by atoms with van der Waals surface area (Å²) >= 11 is 1.80. The van der Waals surface area contributed by atoms with Crippen LogP contribution in [0, 0.1) is 0 Å². The van der Waals surface area contributed by atoms with Gasteiger partial charge in [-0.1, -0.05) is 37.3 Å². The lowest BCUT2D eigenvalue weighted by Crippen LogP contribution is -2.15. The molecular formula is C14H22O2S. The highest BCUT2D eigenvalue weighted by Crippen LogP contribution is 2.15. The van der Waals surface area contributed by atoms with E-state index in [1.165, 1.54) is 5.56 Å². The first kappa shape index (κ1) is 14.6. The molecule has 0 aliphatic carbocycles. The largest absolute Gasteiger partial charge is 0.392 e. The zero-order valence-corrected chi connectivity index (χ0v) is 11.5. The van der Waals surface area contributed by atoms with Crippen molar-refractivity contribution < 1.29 is 9.84 Å². The Morgan fingerprint density at radius 2 is 1.94 bits per heavy atom. The van der Waals surface area contributed by atoms with Gasteiger partial charge in [0.25, 0.3) is 0 Å². The lowest BCUT2D eigenvalue weighted by molar-refractivity contribution is 0.122. The predicted molar refractivity (Wildman–Crippen MR) is 74.3 cm³/mol. The minimum atomic E-state index is -0.231. The van der Waals surface area contributed by atoms with Crippen molar-refractivity contribution in [3.8, 4) is 0 Å². The molecule has 0 amide bonds. The normalized spacial score (nSPS) is 14.5. The molecule has 2 unspecified atom stereocenters. The molecule has 2 atom stereocenters. The molecule has 0 radical (unpaired) electrons. The second-order valence-corrected chi connectivity index (χ2v) is 5.69. The van der Waals surface area contributed by atoms with Gasteiger partial charge in [-0.25, -0.2) is 0 Å².